The van der Waals surface area contributed by atoms with Crippen molar-refractivity contribution < 1.29 is 18.7 Å². The zero-order valence-corrected chi connectivity index (χ0v) is 17.0. The lowest BCUT2D eigenvalue weighted by Crippen LogP contribution is -2.39. The second-order valence-corrected chi connectivity index (χ2v) is 9.38. The molecule has 0 spiro atoms. The molecule has 0 N–H and O–H groups in total. The highest BCUT2D eigenvalue weighted by atomic mass is 127. The van der Waals surface area contributed by atoms with Gasteiger partial charge in [-0.3, -0.25) is 4.79 Å². The van der Waals surface area contributed by atoms with E-state index in [1.807, 2.05) is 11.0 Å². The number of amides is 1. The summed E-state index contributed by atoms with van der Waals surface area (Å²) in [6.45, 7) is 7.36. The van der Waals surface area contributed by atoms with E-state index in [9.17, 15) is 9.59 Å². The highest BCUT2D eigenvalue weighted by Crippen LogP contribution is 2.52. The minimum atomic E-state index is -0.534. The van der Waals surface area contributed by atoms with Gasteiger partial charge >= 0.3 is 5.97 Å². The first kappa shape index (κ1) is 18.5. The lowest BCUT2D eigenvalue weighted by molar-refractivity contribution is -0.148. The monoisotopic (exact) mass is 457 g/mol. The third-order valence-corrected chi connectivity index (χ3v) is 5.63. The fraction of sp³-hybridized carbons (Fsp3) is 0.579. The molecule has 2 aliphatic rings. The predicted molar refractivity (Wildman–Crippen MR) is 103 cm³/mol. The Bertz CT molecular complexity index is 708. The Morgan fingerprint density at radius 1 is 1.36 bits per heavy atom. The largest absolute Gasteiger partial charge is 0.452 e. The molecule has 3 rings (SSSR count). The van der Waals surface area contributed by atoms with Crippen LogP contribution in [0.4, 0.5) is 0 Å². The quantitative estimate of drug-likeness (QED) is 0.392. The number of furan rings is 1. The molecular weight excluding hydrogens is 433 g/mol. The maximum absolute atomic E-state index is 12.5. The zero-order valence-electron chi connectivity index (χ0n) is 14.9. The lowest BCUT2D eigenvalue weighted by atomic mass is 9.65. The van der Waals surface area contributed by atoms with Gasteiger partial charge < -0.3 is 14.1 Å². The molecule has 2 fully saturated rings. The van der Waals surface area contributed by atoms with E-state index < -0.39 is 5.97 Å². The van der Waals surface area contributed by atoms with E-state index in [1.165, 1.54) is 6.08 Å². The average molecular weight is 457 g/mol. The maximum Gasteiger partial charge on any atom is 0.331 e. The van der Waals surface area contributed by atoms with Crippen LogP contribution in [0.15, 0.2) is 22.6 Å². The smallest absolute Gasteiger partial charge is 0.331 e. The molecule has 5 nitrogen and oxygen atoms in total. The molecule has 2 bridgehead atoms. The van der Waals surface area contributed by atoms with E-state index in [4.69, 9.17) is 9.15 Å². The van der Waals surface area contributed by atoms with E-state index in [0.29, 0.717) is 5.76 Å². The topological polar surface area (TPSA) is 59.8 Å². The molecule has 1 aliphatic carbocycles. The molecule has 6 heteroatoms. The van der Waals surface area contributed by atoms with Crippen molar-refractivity contribution in [2.24, 2.45) is 10.8 Å². The van der Waals surface area contributed by atoms with Gasteiger partial charge in [-0.15, -0.1) is 0 Å². The molecule has 1 aromatic heterocycles. The molecule has 1 amide bonds. The van der Waals surface area contributed by atoms with Crippen LogP contribution in [0.3, 0.4) is 0 Å². The number of nitrogens with zero attached hydrogens (tertiary/aromatic N) is 1. The number of likely N-dealkylation sites (tertiary alicyclic amines) is 1. The van der Waals surface area contributed by atoms with Gasteiger partial charge in [-0.05, 0) is 70.9 Å². The van der Waals surface area contributed by atoms with Crippen LogP contribution in [-0.2, 0) is 14.3 Å². The van der Waals surface area contributed by atoms with Gasteiger partial charge in [0.1, 0.15) is 5.76 Å². The number of hydrogen-bond acceptors (Lipinski definition) is 4. The van der Waals surface area contributed by atoms with Crippen molar-refractivity contribution in [1.82, 2.24) is 4.90 Å². The molecule has 1 saturated carbocycles. The van der Waals surface area contributed by atoms with Gasteiger partial charge in [0.2, 0.25) is 0 Å². The molecule has 1 aliphatic heterocycles. The average Bonchev–Trinajstić information content (AvgIpc) is 3.02. The summed E-state index contributed by atoms with van der Waals surface area (Å²) in [5, 5.41) is 0. The Hall–Kier alpha value is -1.31. The molecule has 136 valence electrons. The Morgan fingerprint density at radius 3 is 2.80 bits per heavy atom. The van der Waals surface area contributed by atoms with Gasteiger partial charge in [-0.1, -0.05) is 20.8 Å². The molecule has 2 heterocycles. The highest BCUT2D eigenvalue weighted by Gasteiger charge is 2.50. The SMILES string of the molecule is CC1(C)CC2CC(C)(CN2C(=O)COC(=O)/C=C/c2ccc(I)o2)C1. The summed E-state index contributed by atoms with van der Waals surface area (Å²) in [5.41, 5.74) is 0.440. The zero-order chi connectivity index (χ0) is 18.2. The summed E-state index contributed by atoms with van der Waals surface area (Å²) in [4.78, 5) is 26.3. The molecule has 0 radical (unpaired) electrons. The Labute approximate surface area is 161 Å². The van der Waals surface area contributed by atoms with E-state index in [0.717, 1.165) is 29.6 Å². The van der Waals surface area contributed by atoms with E-state index >= 15 is 0 Å². The third kappa shape index (κ3) is 4.46. The highest BCUT2D eigenvalue weighted by molar-refractivity contribution is 14.1. The van der Waals surface area contributed by atoms with Crippen LogP contribution in [-0.4, -0.2) is 36.0 Å². The Balaban J connectivity index is 1.53. The molecular formula is C19H24INO4. The number of carbonyl (C=O) groups excluding carboxylic acids is 2. The second-order valence-electron chi connectivity index (χ2n) is 8.32. The van der Waals surface area contributed by atoms with Crippen LogP contribution in [0.25, 0.3) is 6.08 Å². The fourth-order valence-corrected chi connectivity index (χ4v) is 5.02. The van der Waals surface area contributed by atoms with Crippen molar-refractivity contribution in [3.05, 3.63) is 27.7 Å². The predicted octanol–water partition coefficient (Wildman–Crippen LogP) is 3.87. The van der Waals surface area contributed by atoms with Gasteiger partial charge in [0.15, 0.2) is 10.4 Å². The van der Waals surface area contributed by atoms with Crippen molar-refractivity contribution in [3.8, 4) is 0 Å². The minimum absolute atomic E-state index is 0.0966. The van der Waals surface area contributed by atoms with Gasteiger partial charge in [0, 0.05) is 18.7 Å². The number of ether oxygens (including phenoxy) is 1. The first-order valence-corrected chi connectivity index (χ1v) is 9.63. The van der Waals surface area contributed by atoms with Crippen LogP contribution < -0.4 is 0 Å². The normalized spacial score (nSPS) is 27.7. The van der Waals surface area contributed by atoms with E-state index in [-0.39, 0.29) is 29.4 Å². The fourth-order valence-electron chi connectivity index (χ4n) is 4.58. The Morgan fingerprint density at radius 2 is 2.12 bits per heavy atom. The summed E-state index contributed by atoms with van der Waals surface area (Å²) >= 11 is 2.05. The minimum Gasteiger partial charge on any atom is -0.452 e. The standard InChI is InChI=1S/C19H24INO4/c1-18(2)8-13-9-19(3,11-18)12-21(13)16(22)10-24-17(23)7-5-14-4-6-15(20)25-14/h4-7,13H,8-12H2,1-3H3/b7-5+. The number of carbonyl (C=O) groups is 2. The van der Waals surface area contributed by atoms with Crippen LogP contribution in [0.5, 0.6) is 0 Å². The molecule has 2 unspecified atom stereocenters. The number of fused-ring (bicyclic) bond motifs is 2. The molecule has 1 aromatic rings. The van der Waals surface area contributed by atoms with Crippen molar-refractivity contribution in [2.75, 3.05) is 13.2 Å². The maximum atomic E-state index is 12.5. The van der Waals surface area contributed by atoms with Crippen molar-refractivity contribution in [2.45, 2.75) is 46.1 Å². The van der Waals surface area contributed by atoms with Crippen LogP contribution >= 0.6 is 22.6 Å². The lowest BCUT2D eigenvalue weighted by Gasteiger charge is -2.39. The first-order valence-electron chi connectivity index (χ1n) is 8.56. The summed E-state index contributed by atoms with van der Waals surface area (Å²) < 4.78 is 11.2. The van der Waals surface area contributed by atoms with E-state index in [2.05, 4.69) is 43.4 Å². The van der Waals surface area contributed by atoms with Gasteiger partial charge in [-0.25, -0.2) is 4.79 Å². The number of hydrogen-bond donors (Lipinski definition) is 0. The Kier molecular flexibility index (Phi) is 5.01. The first-order chi connectivity index (χ1) is 11.7. The number of esters is 1. The number of rotatable bonds is 4. The summed E-state index contributed by atoms with van der Waals surface area (Å²) in [7, 11) is 0. The van der Waals surface area contributed by atoms with Crippen molar-refractivity contribution in [1.29, 1.82) is 0 Å². The summed E-state index contributed by atoms with van der Waals surface area (Å²) in [5.74, 6) is -0.0506. The van der Waals surface area contributed by atoms with E-state index in [1.54, 1.807) is 12.1 Å². The van der Waals surface area contributed by atoms with Gasteiger partial charge in [0.25, 0.3) is 5.91 Å². The van der Waals surface area contributed by atoms with Crippen molar-refractivity contribution >= 4 is 40.5 Å². The molecule has 25 heavy (non-hydrogen) atoms. The van der Waals surface area contributed by atoms with Crippen LogP contribution in [0, 0.1) is 14.6 Å². The van der Waals surface area contributed by atoms with Gasteiger partial charge in [-0.2, -0.15) is 0 Å². The van der Waals surface area contributed by atoms with Gasteiger partial charge in [0.05, 0.1) is 0 Å². The summed E-state index contributed by atoms with van der Waals surface area (Å²) in [6, 6.07) is 3.84. The molecule has 1 saturated heterocycles. The van der Waals surface area contributed by atoms with Crippen LogP contribution in [0.2, 0.25) is 0 Å². The molecule has 2 atom stereocenters. The van der Waals surface area contributed by atoms with Crippen molar-refractivity contribution in [3.63, 3.8) is 0 Å². The molecule has 0 aromatic carbocycles. The second kappa shape index (κ2) is 6.78. The summed E-state index contributed by atoms with van der Waals surface area (Å²) in [6.07, 6.45) is 6.02. The number of halogens is 1. The van der Waals surface area contributed by atoms with Crippen LogP contribution in [0.1, 0.15) is 45.8 Å². The third-order valence-electron chi connectivity index (χ3n) is 5.05.